The molecule has 0 aliphatic rings. The van der Waals surface area contributed by atoms with Crippen molar-refractivity contribution >= 4 is 17.0 Å². The maximum Gasteiger partial charge on any atom is 0.264 e. The van der Waals surface area contributed by atoms with E-state index in [1.54, 1.807) is 0 Å². The van der Waals surface area contributed by atoms with Crippen molar-refractivity contribution in [1.82, 2.24) is 14.8 Å². The smallest absolute Gasteiger partial charge is 0.264 e. The van der Waals surface area contributed by atoms with Gasteiger partial charge in [0.15, 0.2) is 0 Å². The van der Waals surface area contributed by atoms with Gasteiger partial charge in [-0.25, -0.2) is 0 Å². The third kappa shape index (κ3) is 2.66. The molecule has 2 aromatic carbocycles. The summed E-state index contributed by atoms with van der Waals surface area (Å²) in [6.07, 6.45) is 5.62. The van der Waals surface area contributed by atoms with E-state index < -0.39 is 0 Å². The van der Waals surface area contributed by atoms with Crippen LogP contribution in [0.15, 0.2) is 77.6 Å². The number of nitrogens with zero attached hydrogens (tertiary/aromatic N) is 3. The number of hydrogen-bond acceptors (Lipinski definition) is 3. The van der Waals surface area contributed by atoms with Gasteiger partial charge in [-0.2, -0.15) is 0 Å². The molecule has 0 aliphatic heterocycles. The van der Waals surface area contributed by atoms with Crippen LogP contribution < -0.4 is 0 Å². The van der Waals surface area contributed by atoms with Crippen LogP contribution in [-0.4, -0.2) is 14.8 Å². The van der Waals surface area contributed by atoms with Gasteiger partial charge >= 0.3 is 0 Å². The Labute approximate surface area is 133 Å². The molecule has 4 nitrogen and oxygen atoms in total. The Kier molecular flexibility index (Phi) is 3.48. The fourth-order valence-corrected chi connectivity index (χ4v) is 2.73. The van der Waals surface area contributed by atoms with Gasteiger partial charge in [-0.05, 0) is 17.7 Å². The monoisotopic (exact) mass is 301 g/mol. The minimum absolute atomic E-state index is 0.536. The number of para-hydroxylation sites is 1. The molecule has 4 heteroatoms. The first-order valence-corrected chi connectivity index (χ1v) is 7.48. The number of fused-ring (bicyclic) bond motifs is 1. The third-order valence-electron chi connectivity index (χ3n) is 3.79. The van der Waals surface area contributed by atoms with E-state index in [-0.39, 0.29) is 0 Å². The predicted molar refractivity (Wildman–Crippen MR) is 90.7 cm³/mol. The summed E-state index contributed by atoms with van der Waals surface area (Å²) < 4.78 is 7.57. The number of rotatable bonds is 4. The molecule has 0 saturated carbocycles. The number of allylic oxidation sites excluding steroid dienone is 1. The van der Waals surface area contributed by atoms with Crippen molar-refractivity contribution in [3.05, 3.63) is 78.7 Å². The minimum Gasteiger partial charge on any atom is -0.422 e. The second-order valence-electron chi connectivity index (χ2n) is 5.26. The zero-order valence-corrected chi connectivity index (χ0v) is 12.5. The van der Waals surface area contributed by atoms with Gasteiger partial charge in [-0.15, -0.1) is 10.2 Å². The van der Waals surface area contributed by atoms with E-state index in [1.165, 1.54) is 12.0 Å². The summed E-state index contributed by atoms with van der Waals surface area (Å²) in [6, 6.07) is 20.6. The summed E-state index contributed by atoms with van der Waals surface area (Å²) in [5.41, 5.74) is 3.27. The highest BCUT2D eigenvalue weighted by atomic mass is 16.4. The van der Waals surface area contributed by atoms with Crippen molar-refractivity contribution in [2.75, 3.05) is 0 Å². The summed E-state index contributed by atoms with van der Waals surface area (Å²) in [7, 11) is 0. The normalized spacial score (nSPS) is 11.5. The topological polar surface area (TPSA) is 43.9 Å². The van der Waals surface area contributed by atoms with Crippen LogP contribution in [-0.2, 0) is 6.54 Å². The van der Waals surface area contributed by atoms with Crippen molar-refractivity contribution < 1.29 is 4.42 Å². The van der Waals surface area contributed by atoms with Crippen LogP contribution in [0.4, 0.5) is 0 Å². The first kappa shape index (κ1) is 13.5. The number of aromatic nitrogens is 3. The first-order chi connectivity index (χ1) is 11.4. The fourth-order valence-electron chi connectivity index (χ4n) is 2.73. The van der Waals surface area contributed by atoms with Crippen LogP contribution in [0.1, 0.15) is 5.56 Å². The van der Waals surface area contributed by atoms with Gasteiger partial charge in [0, 0.05) is 17.4 Å². The average molecular weight is 301 g/mol. The Hall–Kier alpha value is -3.14. The second-order valence-corrected chi connectivity index (χ2v) is 5.26. The zero-order chi connectivity index (χ0) is 15.5. The largest absolute Gasteiger partial charge is 0.422 e. The van der Waals surface area contributed by atoms with Crippen molar-refractivity contribution in [1.29, 1.82) is 0 Å². The summed E-state index contributed by atoms with van der Waals surface area (Å²) in [5, 5.41) is 9.00. The standard InChI is InChI=1S/C19H15N3O/c1-2-7-15(8-3-1)9-6-12-22-17-11-5-4-10-16(17)13-18(22)19-21-20-14-23-19/h1-11,13-14H,12H2/b9-6+. The summed E-state index contributed by atoms with van der Waals surface area (Å²) in [6.45, 7) is 0.736. The van der Waals surface area contributed by atoms with E-state index >= 15 is 0 Å². The quantitative estimate of drug-likeness (QED) is 0.561. The van der Waals surface area contributed by atoms with Crippen molar-refractivity contribution in [3.8, 4) is 11.6 Å². The molecule has 4 rings (SSSR count). The molecule has 0 unspecified atom stereocenters. The summed E-state index contributed by atoms with van der Waals surface area (Å²) in [4.78, 5) is 0. The second kappa shape index (κ2) is 5.93. The van der Waals surface area contributed by atoms with E-state index in [4.69, 9.17) is 4.42 Å². The van der Waals surface area contributed by atoms with Crippen molar-refractivity contribution in [2.24, 2.45) is 0 Å². The van der Waals surface area contributed by atoms with Crippen LogP contribution in [0.2, 0.25) is 0 Å². The van der Waals surface area contributed by atoms with Gasteiger partial charge in [-0.1, -0.05) is 60.7 Å². The third-order valence-corrected chi connectivity index (χ3v) is 3.79. The molecule has 0 fully saturated rings. The van der Waals surface area contributed by atoms with E-state index in [2.05, 4.69) is 57.2 Å². The molecule has 2 aromatic heterocycles. The SMILES string of the molecule is C(=C\c1ccccc1)/Cn1c(-c2nnco2)cc2ccccc21. The average Bonchev–Trinajstić information content (AvgIpc) is 3.24. The lowest BCUT2D eigenvalue weighted by atomic mass is 10.2. The highest BCUT2D eigenvalue weighted by Gasteiger charge is 2.13. The molecular weight excluding hydrogens is 286 g/mol. The van der Waals surface area contributed by atoms with Gasteiger partial charge in [0.2, 0.25) is 6.39 Å². The lowest BCUT2D eigenvalue weighted by molar-refractivity contribution is 0.562. The maximum absolute atomic E-state index is 5.39. The highest BCUT2D eigenvalue weighted by Crippen LogP contribution is 2.27. The highest BCUT2D eigenvalue weighted by molar-refractivity contribution is 5.85. The molecule has 0 aliphatic carbocycles. The molecule has 0 saturated heterocycles. The molecular formula is C19H15N3O. The summed E-state index contributed by atoms with van der Waals surface area (Å²) in [5.74, 6) is 0.536. The zero-order valence-electron chi connectivity index (χ0n) is 12.5. The van der Waals surface area contributed by atoms with Gasteiger partial charge in [-0.3, -0.25) is 0 Å². The molecule has 23 heavy (non-hydrogen) atoms. The van der Waals surface area contributed by atoms with Gasteiger partial charge in [0.05, 0.1) is 0 Å². The Morgan fingerprint density at radius 3 is 2.65 bits per heavy atom. The van der Waals surface area contributed by atoms with Gasteiger partial charge in [0.1, 0.15) is 5.69 Å². The van der Waals surface area contributed by atoms with E-state index in [1.807, 2.05) is 30.3 Å². The molecule has 0 spiro atoms. The maximum atomic E-state index is 5.39. The van der Waals surface area contributed by atoms with Gasteiger partial charge < -0.3 is 8.98 Å². The Morgan fingerprint density at radius 1 is 1.00 bits per heavy atom. The number of benzene rings is 2. The van der Waals surface area contributed by atoms with Crippen LogP contribution in [0, 0.1) is 0 Å². The fraction of sp³-hybridized carbons (Fsp3) is 0.0526. The Morgan fingerprint density at radius 2 is 1.83 bits per heavy atom. The van der Waals surface area contributed by atoms with Crippen LogP contribution in [0.5, 0.6) is 0 Å². The minimum atomic E-state index is 0.536. The van der Waals surface area contributed by atoms with Crippen molar-refractivity contribution in [2.45, 2.75) is 6.54 Å². The van der Waals surface area contributed by atoms with Crippen LogP contribution in [0.3, 0.4) is 0 Å². The summed E-state index contributed by atoms with van der Waals surface area (Å²) >= 11 is 0. The molecule has 0 amide bonds. The van der Waals surface area contributed by atoms with E-state index in [0.29, 0.717) is 5.89 Å². The Bertz CT molecular complexity index is 937. The first-order valence-electron chi connectivity index (χ1n) is 7.48. The predicted octanol–water partition coefficient (Wildman–Crippen LogP) is 4.40. The molecule has 0 atom stereocenters. The van der Waals surface area contributed by atoms with Crippen LogP contribution in [0.25, 0.3) is 28.6 Å². The molecule has 0 N–H and O–H groups in total. The molecule has 4 aromatic rings. The van der Waals surface area contributed by atoms with E-state index in [9.17, 15) is 0 Å². The van der Waals surface area contributed by atoms with Crippen molar-refractivity contribution in [3.63, 3.8) is 0 Å². The lowest BCUT2D eigenvalue weighted by Gasteiger charge is -2.05. The molecule has 0 bridgehead atoms. The molecule has 0 radical (unpaired) electrons. The molecule has 112 valence electrons. The lowest BCUT2D eigenvalue weighted by Crippen LogP contribution is -1.97. The van der Waals surface area contributed by atoms with Gasteiger partial charge in [0.25, 0.3) is 5.89 Å². The van der Waals surface area contributed by atoms with E-state index in [0.717, 1.165) is 23.1 Å². The number of hydrogen-bond donors (Lipinski definition) is 0. The molecule has 2 heterocycles. The Balaban J connectivity index is 1.73. The van der Waals surface area contributed by atoms with Crippen LogP contribution >= 0.6 is 0 Å².